The lowest BCUT2D eigenvalue weighted by Crippen LogP contribution is -2.46. The molecule has 0 fully saturated rings. The van der Waals surface area contributed by atoms with E-state index in [1.165, 1.54) is 37.5 Å². The van der Waals surface area contributed by atoms with Gasteiger partial charge in [0.1, 0.15) is 0 Å². The minimum Gasteiger partial charge on any atom is -0.374 e. The number of alkyl halides is 3. The zero-order valence-electron chi connectivity index (χ0n) is 12.5. The van der Waals surface area contributed by atoms with E-state index < -0.39 is 29.9 Å². The number of aliphatic hydroxyl groups is 1. The molecule has 0 radical (unpaired) electrons. The number of halogens is 3. The SMILES string of the molecule is Cn1ccnc1[C@@](O)(CC(=O)Nc1cccc(C#N)c1)C(F)(F)F. The van der Waals surface area contributed by atoms with Gasteiger partial charge in [-0.1, -0.05) is 6.07 Å². The molecule has 0 saturated carbocycles. The Morgan fingerprint density at radius 3 is 2.71 bits per heavy atom. The van der Waals surface area contributed by atoms with E-state index in [1.807, 2.05) is 6.07 Å². The first-order chi connectivity index (χ1) is 11.2. The molecule has 0 aliphatic heterocycles. The van der Waals surface area contributed by atoms with Crippen LogP contribution in [-0.2, 0) is 17.4 Å². The number of hydrogen-bond acceptors (Lipinski definition) is 4. The highest BCUT2D eigenvalue weighted by Gasteiger charge is 2.58. The average molecular weight is 338 g/mol. The van der Waals surface area contributed by atoms with Crippen LogP contribution in [0.25, 0.3) is 0 Å². The van der Waals surface area contributed by atoms with Crippen molar-refractivity contribution in [1.29, 1.82) is 5.26 Å². The molecular weight excluding hydrogens is 325 g/mol. The van der Waals surface area contributed by atoms with Gasteiger partial charge in [-0.25, -0.2) is 4.98 Å². The van der Waals surface area contributed by atoms with Gasteiger partial charge in [-0.05, 0) is 18.2 Å². The Kier molecular flexibility index (Phi) is 4.61. The van der Waals surface area contributed by atoms with E-state index in [-0.39, 0.29) is 11.3 Å². The molecule has 0 unspecified atom stereocenters. The number of carbonyl (C=O) groups excluding carboxylic acids is 1. The Morgan fingerprint density at radius 1 is 1.46 bits per heavy atom. The molecule has 1 aromatic heterocycles. The molecule has 1 amide bonds. The third-order valence-corrected chi connectivity index (χ3v) is 3.35. The van der Waals surface area contributed by atoms with E-state index in [2.05, 4.69) is 10.3 Å². The number of rotatable bonds is 4. The van der Waals surface area contributed by atoms with Gasteiger partial charge in [0.25, 0.3) is 0 Å². The number of nitriles is 1. The predicted molar refractivity (Wildman–Crippen MR) is 77.6 cm³/mol. The Hall–Kier alpha value is -2.86. The maximum Gasteiger partial charge on any atom is 0.425 e. The topological polar surface area (TPSA) is 90.9 Å². The number of anilines is 1. The smallest absolute Gasteiger partial charge is 0.374 e. The fourth-order valence-electron chi connectivity index (χ4n) is 2.17. The van der Waals surface area contributed by atoms with Crippen LogP contribution in [0.2, 0.25) is 0 Å². The van der Waals surface area contributed by atoms with Crippen molar-refractivity contribution in [3.05, 3.63) is 48.0 Å². The monoisotopic (exact) mass is 338 g/mol. The van der Waals surface area contributed by atoms with Crippen LogP contribution in [0.5, 0.6) is 0 Å². The summed E-state index contributed by atoms with van der Waals surface area (Å²) in [5, 5.41) is 21.1. The van der Waals surface area contributed by atoms with Gasteiger partial charge in [-0.15, -0.1) is 0 Å². The zero-order valence-corrected chi connectivity index (χ0v) is 12.5. The molecule has 0 saturated heterocycles. The molecule has 0 aliphatic rings. The second-order valence-electron chi connectivity index (χ2n) is 5.14. The molecule has 0 spiro atoms. The second kappa shape index (κ2) is 6.33. The molecule has 2 N–H and O–H groups in total. The average Bonchev–Trinajstić information content (AvgIpc) is 2.92. The van der Waals surface area contributed by atoms with E-state index >= 15 is 0 Å². The summed E-state index contributed by atoms with van der Waals surface area (Å²) in [7, 11) is 1.29. The molecule has 24 heavy (non-hydrogen) atoms. The predicted octanol–water partition coefficient (Wildman–Crippen LogP) is 2.07. The molecule has 0 aliphatic carbocycles. The summed E-state index contributed by atoms with van der Waals surface area (Å²) in [6, 6.07) is 7.54. The highest BCUT2D eigenvalue weighted by molar-refractivity contribution is 5.91. The normalized spacial score (nSPS) is 13.8. The van der Waals surface area contributed by atoms with Crippen molar-refractivity contribution < 1.29 is 23.1 Å². The molecule has 126 valence electrons. The quantitative estimate of drug-likeness (QED) is 0.893. The van der Waals surface area contributed by atoms with Crippen LogP contribution in [0.15, 0.2) is 36.7 Å². The van der Waals surface area contributed by atoms with E-state index in [4.69, 9.17) is 5.26 Å². The Balaban J connectivity index is 2.26. The maximum absolute atomic E-state index is 13.3. The van der Waals surface area contributed by atoms with Gasteiger partial charge in [0, 0.05) is 25.1 Å². The number of benzene rings is 1. The van der Waals surface area contributed by atoms with Crippen molar-refractivity contribution >= 4 is 11.6 Å². The molecule has 1 atom stereocenters. The summed E-state index contributed by atoms with van der Waals surface area (Å²) in [6.45, 7) is 0. The summed E-state index contributed by atoms with van der Waals surface area (Å²) in [6.07, 6.45) is -4.03. The van der Waals surface area contributed by atoms with Crippen LogP contribution in [-0.4, -0.2) is 26.7 Å². The van der Waals surface area contributed by atoms with Gasteiger partial charge in [0.05, 0.1) is 18.1 Å². The molecule has 0 bridgehead atoms. The minimum absolute atomic E-state index is 0.156. The van der Waals surface area contributed by atoms with Gasteiger partial charge >= 0.3 is 6.18 Å². The molecule has 6 nitrogen and oxygen atoms in total. The highest BCUT2D eigenvalue weighted by Crippen LogP contribution is 2.40. The number of hydrogen-bond donors (Lipinski definition) is 2. The van der Waals surface area contributed by atoms with Crippen molar-refractivity contribution in [1.82, 2.24) is 9.55 Å². The van der Waals surface area contributed by atoms with Crippen molar-refractivity contribution in [2.75, 3.05) is 5.32 Å². The van der Waals surface area contributed by atoms with Crippen LogP contribution in [0.1, 0.15) is 17.8 Å². The molecule has 2 rings (SSSR count). The van der Waals surface area contributed by atoms with Crippen molar-refractivity contribution in [3.8, 4) is 6.07 Å². The number of amides is 1. The molecule has 2 aromatic rings. The molecule has 1 aromatic carbocycles. The Labute approximate surface area is 135 Å². The first kappa shape index (κ1) is 17.5. The number of aryl methyl sites for hydroxylation is 1. The van der Waals surface area contributed by atoms with Crippen LogP contribution in [0, 0.1) is 11.3 Å². The van der Waals surface area contributed by atoms with Gasteiger partial charge in [0.2, 0.25) is 11.5 Å². The third kappa shape index (κ3) is 3.38. The zero-order chi connectivity index (χ0) is 18.0. The van der Waals surface area contributed by atoms with Crippen molar-refractivity contribution in [3.63, 3.8) is 0 Å². The minimum atomic E-state index is -5.10. The summed E-state index contributed by atoms with van der Waals surface area (Å²) in [5.74, 6) is -1.75. The van der Waals surface area contributed by atoms with E-state index in [1.54, 1.807) is 0 Å². The summed E-state index contributed by atoms with van der Waals surface area (Å²) in [4.78, 5) is 15.5. The number of nitrogens with zero attached hydrogens (tertiary/aromatic N) is 3. The standard InChI is InChI=1S/C15H13F3N4O2/c1-22-6-5-20-13(22)14(24,15(16,17)18)8-12(23)21-11-4-2-3-10(7-11)9-19/h2-7,24H,8H2,1H3,(H,21,23)/t14-/m0/s1. The highest BCUT2D eigenvalue weighted by atomic mass is 19.4. The molecular formula is C15H13F3N4O2. The summed E-state index contributed by atoms with van der Waals surface area (Å²) < 4.78 is 41.0. The number of aromatic nitrogens is 2. The maximum atomic E-state index is 13.3. The van der Waals surface area contributed by atoms with Crippen LogP contribution < -0.4 is 5.32 Å². The Bertz CT molecular complexity index is 795. The fourth-order valence-corrected chi connectivity index (χ4v) is 2.17. The first-order valence-corrected chi connectivity index (χ1v) is 6.74. The lowest BCUT2D eigenvalue weighted by Gasteiger charge is -2.29. The van der Waals surface area contributed by atoms with Gasteiger partial charge in [-0.3, -0.25) is 4.79 Å². The largest absolute Gasteiger partial charge is 0.425 e. The van der Waals surface area contributed by atoms with Crippen LogP contribution >= 0.6 is 0 Å². The van der Waals surface area contributed by atoms with E-state index in [0.29, 0.717) is 0 Å². The van der Waals surface area contributed by atoms with Crippen LogP contribution in [0.4, 0.5) is 18.9 Å². The van der Waals surface area contributed by atoms with E-state index in [9.17, 15) is 23.1 Å². The van der Waals surface area contributed by atoms with E-state index in [0.717, 1.165) is 10.8 Å². The number of carbonyl (C=O) groups is 1. The van der Waals surface area contributed by atoms with Crippen molar-refractivity contribution in [2.45, 2.75) is 18.2 Å². The molecule has 1 heterocycles. The fraction of sp³-hybridized carbons (Fsp3) is 0.267. The first-order valence-electron chi connectivity index (χ1n) is 6.74. The van der Waals surface area contributed by atoms with Gasteiger partial charge in [-0.2, -0.15) is 18.4 Å². The number of imidazole rings is 1. The summed E-state index contributed by atoms with van der Waals surface area (Å²) in [5.41, 5.74) is -3.03. The Morgan fingerprint density at radius 2 is 2.17 bits per heavy atom. The molecule has 9 heteroatoms. The second-order valence-corrected chi connectivity index (χ2v) is 5.14. The third-order valence-electron chi connectivity index (χ3n) is 3.35. The van der Waals surface area contributed by atoms with Crippen LogP contribution in [0.3, 0.4) is 0 Å². The number of nitrogens with one attached hydrogen (secondary N) is 1. The summed E-state index contributed by atoms with van der Waals surface area (Å²) >= 11 is 0. The van der Waals surface area contributed by atoms with Gasteiger partial charge < -0.3 is 15.0 Å². The lowest BCUT2D eigenvalue weighted by molar-refractivity contribution is -0.270. The lowest BCUT2D eigenvalue weighted by atomic mass is 9.97. The van der Waals surface area contributed by atoms with Gasteiger partial charge in [0.15, 0.2) is 5.82 Å². The van der Waals surface area contributed by atoms with Crippen molar-refractivity contribution in [2.24, 2.45) is 7.05 Å².